The summed E-state index contributed by atoms with van der Waals surface area (Å²) >= 11 is 1.42. The Balaban J connectivity index is 1.26. The summed E-state index contributed by atoms with van der Waals surface area (Å²) in [7, 11) is 0. The number of hydrogen-bond acceptors (Lipinski definition) is 7. The molecule has 1 atom stereocenters. The van der Waals surface area contributed by atoms with Gasteiger partial charge in [-0.2, -0.15) is 5.10 Å². The smallest absolute Gasteiger partial charge is 0.249 e. The molecule has 0 aliphatic carbocycles. The highest BCUT2D eigenvalue weighted by molar-refractivity contribution is 8.00. The van der Waals surface area contributed by atoms with Crippen LogP contribution in [0.4, 0.5) is 11.4 Å². The van der Waals surface area contributed by atoms with E-state index in [0.29, 0.717) is 30.3 Å². The van der Waals surface area contributed by atoms with E-state index in [-0.39, 0.29) is 17.6 Å². The molecule has 4 rings (SSSR count). The summed E-state index contributed by atoms with van der Waals surface area (Å²) < 4.78 is 12.5. The van der Waals surface area contributed by atoms with Crippen molar-refractivity contribution in [3.63, 3.8) is 0 Å². The zero-order valence-corrected chi connectivity index (χ0v) is 17.6. The van der Waals surface area contributed by atoms with Crippen molar-refractivity contribution in [2.75, 3.05) is 29.6 Å². The van der Waals surface area contributed by atoms with Gasteiger partial charge >= 0.3 is 0 Å². The van der Waals surface area contributed by atoms with Crippen molar-refractivity contribution >= 4 is 35.0 Å². The maximum Gasteiger partial charge on any atom is 0.249 e. The third-order valence-electron chi connectivity index (χ3n) is 4.53. The van der Waals surface area contributed by atoms with Crippen molar-refractivity contribution in [2.45, 2.75) is 17.9 Å². The minimum atomic E-state index is -0.487. The van der Waals surface area contributed by atoms with E-state index >= 15 is 0 Å². The van der Waals surface area contributed by atoms with Crippen LogP contribution in [0.5, 0.6) is 11.5 Å². The first-order valence-electron chi connectivity index (χ1n) is 9.66. The predicted molar refractivity (Wildman–Crippen MR) is 117 cm³/mol. The Morgan fingerprint density at radius 3 is 2.48 bits per heavy atom. The summed E-state index contributed by atoms with van der Waals surface area (Å²) in [4.78, 5) is 29.4. The second-order valence-corrected chi connectivity index (χ2v) is 7.81. The van der Waals surface area contributed by atoms with E-state index in [9.17, 15) is 9.59 Å². The maximum absolute atomic E-state index is 12.3. The molecule has 0 saturated carbocycles. The highest BCUT2D eigenvalue weighted by atomic mass is 32.2. The highest BCUT2D eigenvalue weighted by Gasteiger charge is 2.16. The SMILES string of the molecule is C[C@@H](C(=O)Nc1ccc(NC(=O)CSc2ccc3c(c2)OCCO3)cc1)n1cncn1. The maximum atomic E-state index is 12.3. The molecule has 2 aromatic carbocycles. The zero-order valence-electron chi connectivity index (χ0n) is 16.8. The largest absolute Gasteiger partial charge is 0.486 e. The molecule has 10 heteroatoms. The van der Waals surface area contributed by atoms with Gasteiger partial charge in [-0.05, 0) is 49.4 Å². The summed E-state index contributed by atoms with van der Waals surface area (Å²) in [6, 6.07) is 12.1. The van der Waals surface area contributed by atoms with E-state index in [1.165, 1.54) is 29.1 Å². The number of anilines is 2. The lowest BCUT2D eigenvalue weighted by Gasteiger charge is -2.18. The summed E-state index contributed by atoms with van der Waals surface area (Å²) in [5, 5.41) is 9.63. The van der Waals surface area contributed by atoms with Crippen LogP contribution >= 0.6 is 11.8 Å². The van der Waals surface area contributed by atoms with Gasteiger partial charge in [0.05, 0.1) is 5.75 Å². The average Bonchev–Trinajstić information content (AvgIpc) is 3.33. The summed E-state index contributed by atoms with van der Waals surface area (Å²) in [6.07, 6.45) is 2.87. The Labute approximate surface area is 183 Å². The molecule has 2 heterocycles. The number of ether oxygens (including phenoxy) is 2. The monoisotopic (exact) mass is 439 g/mol. The Kier molecular flexibility index (Phi) is 6.37. The van der Waals surface area contributed by atoms with Crippen LogP contribution in [-0.2, 0) is 9.59 Å². The Morgan fingerprint density at radius 1 is 1.06 bits per heavy atom. The lowest BCUT2D eigenvalue weighted by Crippen LogP contribution is -2.24. The molecule has 0 saturated heterocycles. The molecule has 2 N–H and O–H groups in total. The summed E-state index contributed by atoms with van der Waals surface area (Å²) in [6.45, 7) is 2.81. The molecule has 160 valence electrons. The third-order valence-corrected chi connectivity index (χ3v) is 5.53. The fourth-order valence-electron chi connectivity index (χ4n) is 2.88. The number of amides is 2. The summed E-state index contributed by atoms with van der Waals surface area (Å²) in [5.74, 6) is 1.35. The first kappa shape index (κ1) is 20.7. The number of fused-ring (bicyclic) bond motifs is 1. The minimum Gasteiger partial charge on any atom is -0.486 e. The fourth-order valence-corrected chi connectivity index (χ4v) is 3.61. The van der Waals surface area contributed by atoms with Gasteiger partial charge in [0.2, 0.25) is 11.8 Å². The van der Waals surface area contributed by atoms with Gasteiger partial charge in [0.1, 0.15) is 31.9 Å². The second kappa shape index (κ2) is 9.52. The van der Waals surface area contributed by atoms with E-state index < -0.39 is 6.04 Å². The standard InChI is InChI=1S/C21H21N5O4S/c1-14(26-13-22-12-23-26)21(28)25-16-4-2-15(3-5-16)24-20(27)11-31-17-6-7-18-19(10-17)30-9-8-29-18/h2-7,10,12-14H,8-9,11H2,1H3,(H,24,27)(H,25,28)/t14-/m0/s1. The van der Waals surface area contributed by atoms with Crippen molar-refractivity contribution in [1.82, 2.24) is 14.8 Å². The molecular weight excluding hydrogens is 418 g/mol. The van der Waals surface area contributed by atoms with Gasteiger partial charge in [-0.15, -0.1) is 11.8 Å². The van der Waals surface area contributed by atoms with E-state index in [1.807, 2.05) is 18.2 Å². The van der Waals surface area contributed by atoms with E-state index in [2.05, 4.69) is 20.7 Å². The fraction of sp³-hybridized carbons (Fsp3) is 0.238. The number of thioether (sulfide) groups is 1. The number of benzene rings is 2. The molecule has 1 aliphatic heterocycles. The number of carbonyl (C=O) groups is 2. The molecule has 2 amide bonds. The first-order chi connectivity index (χ1) is 15.1. The van der Waals surface area contributed by atoms with Gasteiger partial charge in [-0.3, -0.25) is 9.59 Å². The third kappa shape index (κ3) is 5.34. The predicted octanol–water partition coefficient (Wildman–Crippen LogP) is 2.98. The van der Waals surface area contributed by atoms with E-state index in [0.717, 1.165) is 10.6 Å². The lowest BCUT2D eigenvalue weighted by molar-refractivity contribution is -0.119. The van der Waals surface area contributed by atoms with Crippen molar-refractivity contribution < 1.29 is 19.1 Å². The van der Waals surface area contributed by atoms with Crippen LogP contribution in [0.25, 0.3) is 0 Å². The quantitative estimate of drug-likeness (QED) is 0.545. The van der Waals surface area contributed by atoms with Crippen molar-refractivity contribution in [2.24, 2.45) is 0 Å². The molecule has 0 radical (unpaired) electrons. The number of aromatic nitrogens is 3. The van der Waals surface area contributed by atoms with Gasteiger partial charge in [-0.25, -0.2) is 9.67 Å². The van der Waals surface area contributed by atoms with Crippen LogP contribution in [0.2, 0.25) is 0 Å². The summed E-state index contributed by atoms with van der Waals surface area (Å²) in [5.41, 5.74) is 1.27. The van der Waals surface area contributed by atoms with Gasteiger partial charge < -0.3 is 20.1 Å². The lowest BCUT2D eigenvalue weighted by atomic mass is 10.2. The zero-order chi connectivity index (χ0) is 21.6. The molecule has 31 heavy (non-hydrogen) atoms. The van der Waals surface area contributed by atoms with Gasteiger partial charge in [0, 0.05) is 16.3 Å². The average molecular weight is 439 g/mol. The van der Waals surface area contributed by atoms with Crippen molar-refractivity contribution in [3.05, 3.63) is 55.1 Å². The molecule has 0 spiro atoms. The molecule has 9 nitrogen and oxygen atoms in total. The number of carbonyl (C=O) groups excluding carboxylic acids is 2. The highest BCUT2D eigenvalue weighted by Crippen LogP contribution is 2.34. The Morgan fingerprint density at radius 2 is 1.77 bits per heavy atom. The van der Waals surface area contributed by atoms with Crippen LogP contribution in [-0.4, -0.2) is 45.5 Å². The number of rotatable bonds is 7. The van der Waals surface area contributed by atoms with Crippen LogP contribution < -0.4 is 20.1 Å². The van der Waals surface area contributed by atoms with Crippen molar-refractivity contribution in [3.8, 4) is 11.5 Å². The second-order valence-electron chi connectivity index (χ2n) is 6.76. The van der Waals surface area contributed by atoms with Crippen molar-refractivity contribution in [1.29, 1.82) is 0 Å². The normalized spacial score (nSPS) is 13.3. The van der Waals surface area contributed by atoms with Crippen LogP contribution in [0.3, 0.4) is 0 Å². The molecule has 3 aromatic rings. The Hall–Kier alpha value is -3.53. The van der Waals surface area contributed by atoms with Gasteiger partial charge in [0.15, 0.2) is 11.5 Å². The van der Waals surface area contributed by atoms with Crippen LogP contribution in [0.1, 0.15) is 13.0 Å². The first-order valence-corrected chi connectivity index (χ1v) is 10.6. The van der Waals surface area contributed by atoms with Crippen LogP contribution in [0.15, 0.2) is 60.0 Å². The molecule has 0 bridgehead atoms. The van der Waals surface area contributed by atoms with E-state index in [4.69, 9.17) is 9.47 Å². The topological polar surface area (TPSA) is 107 Å². The minimum absolute atomic E-state index is 0.128. The number of hydrogen-bond donors (Lipinski definition) is 2. The van der Waals surface area contributed by atoms with Gasteiger partial charge in [-0.1, -0.05) is 0 Å². The molecule has 1 aliphatic rings. The number of nitrogens with one attached hydrogen (secondary N) is 2. The number of nitrogens with zero attached hydrogens (tertiary/aromatic N) is 3. The molecular formula is C21H21N5O4S. The molecule has 1 aromatic heterocycles. The van der Waals surface area contributed by atoms with Crippen LogP contribution in [0, 0.1) is 0 Å². The van der Waals surface area contributed by atoms with E-state index in [1.54, 1.807) is 31.2 Å². The Bertz CT molecular complexity index is 1060. The van der Waals surface area contributed by atoms with Gasteiger partial charge in [0.25, 0.3) is 0 Å². The molecule has 0 fully saturated rings. The molecule has 0 unspecified atom stereocenters.